The topological polar surface area (TPSA) is 38.8 Å². The maximum Gasteiger partial charge on any atom is 0.255 e. The molecule has 4 rings (SSSR count). The predicted molar refractivity (Wildman–Crippen MR) is 82.7 cm³/mol. The van der Waals surface area contributed by atoms with Gasteiger partial charge in [-0.3, -0.25) is 4.79 Å². The van der Waals surface area contributed by atoms with Gasteiger partial charge in [-0.2, -0.15) is 0 Å². The average Bonchev–Trinajstić information content (AvgIpc) is 2.79. The van der Waals surface area contributed by atoms with Gasteiger partial charge in [-0.05, 0) is 24.6 Å². The summed E-state index contributed by atoms with van der Waals surface area (Å²) in [5, 5.41) is 0. The van der Waals surface area contributed by atoms with Crippen molar-refractivity contribution >= 4 is 5.91 Å². The van der Waals surface area contributed by atoms with Gasteiger partial charge in [-0.15, -0.1) is 0 Å². The molecule has 0 spiro atoms. The van der Waals surface area contributed by atoms with Crippen LogP contribution in [0.15, 0.2) is 36.4 Å². The number of hydrogen-bond donors (Lipinski definition) is 0. The average molecular weight is 295 g/mol. The van der Waals surface area contributed by atoms with Crippen LogP contribution in [-0.2, 0) is 5.54 Å². The Kier molecular flexibility index (Phi) is 2.55. The van der Waals surface area contributed by atoms with Crippen molar-refractivity contribution < 1.29 is 14.3 Å². The lowest BCUT2D eigenvalue weighted by atomic mass is 9.78. The number of fused-ring (bicyclic) bond motifs is 2. The lowest BCUT2D eigenvalue weighted by Crippen LogP contribution is -2.43. The van der Waals surface area contributed by atoms with E-state index in [1.54, 1.807) is 13.2 Å². The molecule has 0 N–H and O–H groups in total. The van der Waals surface area contributed by atoms with Gasteiger partial charge in [0.2, 0.25) is 0 Å². The molecule has 2 aromatic rings. The van der Waals surface area contributed by atoms with E-state index in [1.807, 2.05) is 42.3 Å². The molecule has 2 aromatic carbocycles. The zero-order valence-electron chi connectivity index (χ0n) is 12.8. The normalized spacial score (nSPS) is 21.2. The van der Waals surface area contributed by atoms with E-state index in [0.717, 1.165) is 23.3 Å². The number of nitrogens with zero attached hydrogens (tertiary/aromatic N) is 1. The molecular formula is C18H17NO3. The molecule has 0 radical (unpaired) electrons. The standard InChI is InChI=1S/C18H17NO3/c1-4-18-12-7-5-6-8-13(12)22-16-14(21-3)10-9-11(15(16)18)17(20)19(18)2/h5-10H,4H2,1-3H3. The molecule has 4 nitrogen and oxygen atoms in total. The van der Waals surface area contributed by atoms with E-state index in [4.69, 9.17) is 9.47 Å². The fraction of sp³-hybridized carbons (Fsp3) is 0.278. The Bertz CT molecular complexity index is 799. The first kappa shape index (κ1) is 13.2. The monoisotopic (exact) mass is 295 g/mol. The second kappa shape index (κ2) is 4.26. The Labute approximate surface area is 129 Å². The number of carbonyl (C=O) groups excluding carboxylic acids is 1. The first-order valence-electron chi connectivity index (χ1n) is 7.42. The van der Waals surface area contributed by atoms with Gasteiger partial charge in [-0.25, -0.2) is 0 Å². The molecule has 2 aliphatic rings. The quantitative estimate of drug-likeness (QED) is 0.850. The smallest absolute Gasteiger partial charge is 0.255 e. The summed E-state index contributed by atoms with van der Waals surface area (Å²) in [4.78, 5) is 14.6. The highest BCUT2D eigenvalue weighted by Gasteiger charge is 2.54. The minimum atomic E-state index is -0.481. The molecule has 2 aliphatic heterocycles. The first-order valence-corrected chi connectivity index (χ1v) is 7.42. The summed E-state index contributed by atoms with van der Waals surface area (Å²) in [6.45, 7) is 2.10. The van der Waals surface area contributed by atoms with Crippen molar-refractivity contribution in [2.45, 2.75) is 18.9 Å². The molecule has 4 heteroatoms. The van der Waals surface area contributed by atoms with E-state index in [0.29, 0.717) is 17.1 Å². The van der Waals surface area contributed by atoms with Gasteiger partial charge in [-0.1, -0.05) is 25.1 Å². The molecule has 22 heavy (non-hydrogen) atoms. The van der Waals surface area contributed by atoms with E-state index in [9.17, 15) is 4.79 Å². The molecule has 112 valence electrons. The summed E-state index contributed by atoms with van der Waals surface area (Å²) < 4.78 is 11.6. The molecule has 1 unspecified atom stereocenters. The maximum atomic E-state index is 12.7. The first-order chi connectivity index (χ1) is 10.6. The third kappa shape index (κ3) is 1.30. The summed E-state index contributed by atoms with van der Waals surface area (Å²) >= 11 is 0. The van der Waals surface area contributed by atoms with E-state index >= 15 is 0 Å². The van der Waals surface area contributed by atoms with Crippen LogP contribution in [0.1, 0.15) is 34.8 Å². The Balaban J connectivity index is 2.14. The van der Waals surface area contributed by atoms with E-state index in [-0.39, 0.29) is 5.91 Å². The van der Waals surface area contributed by atoms with E-state index in [1.165, 1.54) is 0 Å². The lowest BCUT2D eigenvalue weighted by molar-refractivity contribution is 0.0677. The Morgan fingerprint density at radius 2 is 2.00 bits per heavy atom. The molecule has 0 saturated heterocycles. The summed E-state index contributed by atoms with van der Waals surface area (Å²) in [5.41, 5.74) is 2.19. The SMILES string of the molecule is CCC12c3ccccc3Oc3c(OC)ccc(c31)C(=O)N2C. The highest BCUT2D eigenvalue weighted by Crippen LogP contribution is 2.58. The van der Waals surface area contributed by atoms with Gasteiger partial charge >= 0.3 is 0 Å². The number of carbonyl (C=O) groups is 1. The Hall–Kier alpha value is -2.49. The maximum absolute atomic E-state index is 12.7. The number of para-hydroxylation sites is 1. The zero-order valence-corrected chi connectivity index (χ0v) is 12.8. The van der Waals surface area contributed by atoms with Crippen molar-refractivity contribution in [1.29, 1.82) is 0 Å². The number of ether oxygens (including phenoxy) is 2. The molecule has 0 bridgehead atoms. The van der Waals surface area contributed by atoms with Crippen LogP contribution < -0.4 is 9.47 Å². The molecule has 0 fully saturated rings. The number of rotatable bonds is 2. The Morgan fingerprint density at radius 1 is 1.23 bits per heavy atom. The van der Waals surface area contributed by atoms with Crippen molar-refractivity contribution in [3.8, 4) is 17.2 Å². The van der Waals surface area contributed by atoms with Crippen molar-refractivity contribution in [1.82, 2.24) is 4.90 Å². The summed E-state index contributed by atoms with van der Waals surface area (Å²) in [7, 11) is 3.49. The van der Waals surface area contributed by atoms with Gasteiger partial charge in [0.25, 0.3) is 5.91 Å². The number of hydrogen-bond acceptors (Lipinski definition) is 3. The minimum absolute atomic E-state index is 0.0288. The lowest BCUT2D eigenvalue weighted by Gasteiger charge is -2.41. The van der Waals surface area contributed by atoms with Crippen LogP contribution in [0.2, 0.25) is 0 Å². The third-order valence-corrected chi connectivity index (χ3v) is 4.92. The second-order valence-corrected chi connectivity index (χ2v) is 5.70. The van der Waals surface area contributed by atoms with Crippen molar-refractivity contribution in [3.63, 3.8) is 0 Å². The largest absolute Gasteiger partial charge is 0.493 e. The molecule has 1 atom stereocenters. The van der Waals surface area contributed by atoms with Gasteiger partial charge in [0.15, 0.2) is 11.5 Å². The van der Waals surface area contributed by atoms with Gasteiger partial charge in [0.05, 0.1) is 7.11 Å². The van der Waals surface area contributed by atoms with Gasteiger partial charge in [0, 0.05) is 23.7 Å². The molecular weight excluding hydrogens is 278 g/mol. The predicted octanol–water partition coefficient (Wildman–Crippen LogP) is 3.54. The second-order valence-electron chi connectivity index (χ2n) is 5.70. The van der Waals surface area contributed by atoms with Gasteiger partial charge < -0.3 is 14.4 Å². The van der Waals surface area contributed by atoms with Crippen LogP contribution in [0.4, 0.5) is 0 Å². The van der Waals surface area contributed by atoms with Crippen LogP contribution in [0.3, 0.4) is 0 Å². The summed E-state index contributed by atoms with van der Waals surface area (Å²) in [6, 6.07) is 11.6. The fourth-order valence-electron chi connectivity index (χ4n) is 3.86. The van der Waals surface area contributed by atoms with Crippen molar-refractivity contribution in [2.24, 2.45) is 0 Å². The van der Waals surface area contributed by atoms with Gasteiger partial charge in [0.1, 0.15) is 11.3 Å². The van der Waals surface area contributed by atoms with Crippen molar-refractivity contribution in [2.75, 3.05) is 14.2 Å². The molecule has 0 aliphatic carbocycles. The highest BCUT2D eigenvalue weighted by atomic mass is 16.5. The molecule has 2 heterocycles. The molecule has 0 saturated carbocycles. The van der Waals surface area contributed by atoms with E-state index in [2.05, 4.69) is 6.92 Å². The van der Waals surface area contributed by atoms with E-state index < -0.39 is 5.54 Å². The minimum Gasteiger partial charge on any atom is -0.493 e. The van der Waals surface area contributed by atoms with Crippen LogP contribution in [-0.4, -0.2) is 25.0 Å². The highest BCUT2D eigenvalue weighted by molar-refractivity contribution is 6.02. The van der Waals surface area contributed by atoms with Crippen LogP contribution in [0.5, 0.6) is 17.2 Å². The summed E-state index contributed by atoms with van der Waals surface area (Å²) in [6.07, 6.45) is 0.781. The Morgan fingerprint density at radius 3 is 2.73 bits per heavy atom. The number of benzene rings is 2. The van der Waals surface area contributed by atoms with Crippen LogP contribution >= 0.6 is 0 Å². The van der Waals surface area contributed by atoms with Crippen molar-refractivity contribution in [3.05, 3.63) is 53.1 Å². The number of amides is 1. The fourth-order valence-corrected chi connectivity index (χ4v) is 3.86. The zero-order chi connectivity index (χ0) is 15.5. The molecule has 0 aromatic heterocycles. The number of methoxy groups -OCH3 is 1. The molecule has 1 amide bonds. The van der Waals surface area contributed by atoms with Crippen LogP contribution in [0.25, 0.3) is 0 Å². The van der Waals surface area contributed by atoms with Crippen LogP contribution in [0, 0.1) is 0 Å². The summed E-state index contributed by atoms with van der Waals surface area (Å²) in [5.74, 6) is 2.14. The third-order valence-electron chi connectivity index (χ3n) is 4.92.